The molecule has 0 spiro atoms. The first-order valence-corrected chi connectivity index (χ1v) is 9.49. The fraction of sp³-hybridized carbons (Fsp3) is 0.400. The molecule has 1 aliphatic heterocycles. The van der Waals surface area contributed by atoms with E-state index in [4.69, 9.17) is 9.47 Å². The average molecular weight is 416 g/mol. The first-order valence-electron chi connectivity index (χ1n) is 9.49. The number of hydrogen-bond donors (Lipinski definition) is 3. The number of methoxy groups -OCH3 is 2. The number of para-hydroxylation sites is 1. The SMILES string of the molecule is COc1cccc(CNC(=O)c2nc(C3CCCN(C=O)C3)[nH]c(=O)c2O)c1OC. The lowest BCUT2D eigenvalue weighted by atomic mass is 9.97. The lowest BCUT2D eigenvalue weighted by Crippen LogP contribution is -2.35. The molecule has 1 unspecified atom stereocenters. The predicted molar refractivity (Wildman–Crippen MR) is 107 cm³/mol. The molecule has 0 bridgehead atoms. The number of carbonyl (C=O) groups excluding carboxylic acids is 2. The molecule has 10 nitrogen and oxygen atoms in total. The lowest BCUT2D eigenvalue weighted by Gasteiger charge is -2.29. The Balaban J connectivity index is 1.82. The highest BCUT2D eigenvalue weighted by Gasteiger charge is 2.26. The van der Waals surface area contributed by atoms with Crippen LogP contribution in [0.1, 0.15) is 40.6 Å². The van der Waals surface area contributed by atoms with Gasteiger partial charge >= 0.3 is 0 Å². The van der Waals surface area contributed by atoms with E-state index in [-0.39, 0.29) is 24.0 Å². The zero-order valence-corrected chi connectivity index (χ0v) is 16.8. The summed E-state index contributed by atoms with van der Waals surface area (Å²) in [6.45, 7) is 1.10. The van der Waals surface area contributed by atoms with Crippen molar-refractivity contribution in [3.63, 3.8) is 0 Å². The van der Waals surface area contributed by atoms with Crippen LogP contribution in [0.2, 0.25) is 0 Å². The normalized spacial score (nSPS) is 16.1. The summed E-state index contributed by atoms with van der Waals surface area (Å²) in [5.74, 6) is -0.415. The summed E-state index contributed by atoms with van der Waals surface area (Å²) in [6, 6.07) is 5.24. The summed E-state index contributed by atoms with van der Waals surface area (Å²) < 4.78 is 10.6. The number of rotatable bonds is 7. The molecule has 3 N–H and O–H groups in total. The summed E-state index contributed by atoms with van der Waals surface area (Å²) in [6.07, 6.45) is 2.21. The smallest absolute Gasteiger partial charge is 0.293 e. The molecule has 160 valence electrons. The molecular formula is C20H24N4O6. The molecule has 10 heteroatoms. The molecular weight excluding hydrogens is 392 g/mol. The second kappa shape index (κ2) is 9.29. The van der Waals surface area contributed by atoms with Gasteiger partial charge in [-0.05, 0) is 18.9 Å². The van der Waals surface area contributed by atoms with Gasteiger partial charge < -0.3 is 29.8 Å². The molecule has 1 fully saturated rings. The number of benzene rings is 1. The van der Waals surface area contributed by atoms with Crippen molar-refractivity contribution < 1.29 is 24.2 Å². The van der Waals surface area contributed by atoms with Gasteiger partial charge in [0.1, 0.15) is 5.82 Å². The van der Waals surface area contributed by atoms with E-state index in [1.54, 1.807) is 23.1 Å². The van der Waals surface area contributed by atoms with Crippen molar-refractivity contribution in [1.29, 1.82) is 0 Å². The molecule has 0 aliphatic carbocycles. The monoisotopic (exact) mass is 416 g/mol. The van der Waals surface area contributed by atoms with Gasteiger partial charge in [-0.1, -0.05) is 12.1 Å². The van der Waals surface area contributed by atoms with E-state index < -0.39 is 17.2 Å². The fourth-order valence-corrected chi connectivity index (χ4v) is 3.51. The van der Waals surface area contributed by atoms with Crippen molar-refractivity contribution >= 4 is 12.3 Å². The number of aromatic hydroxyl groups is 1. The van der Waals surface area contributed by atoms with Crippen LogP contribution in [0.25, 0.3) is 0 Å². The van der Waals surface area contributed by atoms with Crippen molar-refractivity contribution in [3.05, 3.63) is 45.6 Å². The highest BCUT2D eigenvalue weighted by molar-refractivity contribution is 5.94. The van der Waals surface area contributed by atoms with E-state index >= 15 is 0 Å². The fourth-order valence-electron chi connectivity index (χ4n) is 3.51. The Bertz CT molecular complexity index is 990. The first kappa shape index (κ1) is 21.2. The number of nitrogens with one attached hydrogen (secondary N) is 2. The standard InChI is InChI=1S/C20H24N4O6/c1-29-14-7-3-5-12(17(14)30-2)9-21-19(27)15-16(26)20(28)23-18(22-15)13-6-4-8-24(10-13)11-25/h3,5,7,11,13,26H,4,6,8-10H2,1-2H3,(H,21,27)(H,22,23,28). The van der Waals surface area contributed by atoms with Crippen LogP contribution in [0.4, 0.5) is 0 Å². The van der Waals surface area contributed by atoms with E-state index in [1.165, 1.54) is 14.2 Å². The Kier molecular flexibility index (Phi) is 6.55. The predicted octanol–water partition coefficient (Wildman–Crippen LogP) is 0.758. The molecule has 0 radical (unpaired) electrons. The van der Waals surface area contributed by atoms with Gasteiger partial charge in [-0.3, -0.25) is 14.4 Å². The maximum absolute atomic E-state index is 12.7. The Labute approximate surface area is 172 Å². The third kappa shape index (κ3) is 4.37. The van der Waals surface area contributed by atoms with E-state index in [9.17, 15) is 19.5 Å². The topological polar surface area (TPSA) is 134 Å². The summed E-state index contributed by atoms with van der Waals surface area (Å²) in [5.41, 5.74) is -0.505. The van der Waals surface area contributed by atoms with Crippen LogP contribution in [-0.4, -0.2) is 59.6 Å². The number of H-pyrrole nitrogens is 1. The van der Waals surface area contributed by atoms with Gasteiger partial charge in [-0.25, -0.2) is 4.98 Å². The minimum atomic E-state index is -0.799. The van der Waals surface area contributed by atoms with Crippen molar-refractivity contribution in [1.82, 2.24) is 20.2 Å². The number of nitrogens with zero attached hydrogens (tertiary/aromatic N) is 2. The third-order valence-electron chi connectivity index (χ3n) is 5.04. The van der Waals surface area contributed by atoms with Gasteiger partial charge in [-0.2, -0.15) is 0 Å². The first-order chi connectivity index (χ1) is 14.5. The highest BCUT2D eigenvalue weighted by Crippen LogP contribution is 2.30. The Morgan fingerprint density at radius 2 is 2.20 bits per heavy atom. The Hall–Kier alpha value is -3.56. The number of hydrogen-bond acceptors (Lipinski definition) is 7. The maximum atomic E-state index is 12.7. The van der Waals surface area contributed by atoms with Crippen LogP contribution in [0.15, 0.2) is 23.0 Å². The molecule has 1 saturated heterocycles. The minimum Gasteiger partial charge on any atom is -0.501 e. The molecule has 2 amide bonds. The van der Waals surface area contributed by atoms with Gasteiger partial charge in [-0.15, -0.1) is 0 Å². The highest BCUT2D eigenvalue weighted by atomic mass is 16.5. The second-order valence-electron chi connectivity index (χ2n) is 6.92. The van der Waals surface area contributed by atoms with Crippen LogP contribution in [0, 0.1) is 0 Å². The molecule has 2 heterocycles. The molecule has 1 aromatic heterocycles. The lowest BCUT2D eigenvalue weighted by molar-refractivity contribution is -0.119. The van der Waals surface area contributed by atoms with Gasteiger partial charge in [0, 0.05) is 31.1 Å². The average Bonchev–Trinajstić information content (AvgIpc) is 2.78. The molecule has 1 aromatic carbocycles. The number of amides is 2. The van der Waals surface area contributed by atoms with Crippen LogP contribution < -0.4 is 20.3 Å². The molecule has 30 heavy (non-hydrogen) atoms. The second-order valence-corrected chi connectivity index (χ2v) is 6.92. The van der Waals surface area contributed by atoms with Crippen molar-refractivity contribution in [3.8, 4) is 17.2 Å². The van der Waals surface area contributed by atoms with E-state index in [2.05, 4.69) is 15.3 Å². The largest absolute Gasteiger partial charge is 0.501 e. The zero-order chi connectivity index (χ0) is 21.7. The van der Waals surface area contributed by atoms with E-state index in [1.807, 2.05) is 0 Å². The summed E-state index contributed by atoms with van der Waals surface area (Å²) in [5, 5.41) is 12.7. The molecule has 1 atom stereocenters. The number of carbonyl (C=O) groups is 2. The van der Waals surface area contributed by atoms with E-state index in [0.29, 0.717) is 36.6 Å². The van der Waals surface area contributed by atoms with Crippen molar-refractivity contribution in [2.45, 2.75) is 25.3 Å². The van der Waals surface area contributed by atoms with Gasteiger partial charge in [0.05, 0.1) is 14.2 Å². The van der Waals surface area contributed by atoms with Crippen LogP contribution in [-0.2, 0) is 11.3 Å². The summed E-state index contributed by atoms with van der Waals surface area (Å²) in [7, 11) is 3.00. The van der Waals surface area contributed by atoms with Crippen molar-refractivity contribution in [2.75, 3.05) is 27.3 Å². The third-order valence-corrected chi connectivity index (χ3v) is 5.04. The number of aromatic amines is 1. The Morgan fingerprint density at radius 1 is 1.40 bits per heavy atom. The number of likely N-dealkylation sites (tertiary alicyclic amines) is 1. The quantitative estimate of drug-likeness (QED) is 0.567. The number of aromatic nitrogens is 2. The van der Waals surface area contributed by atoms with Crippen molar-refractivity contribution in [2.24, 2.45) is 0 Å². The molecule has 1 aliphatic rings. The summed E-state index contributed by atoms with van der Waals surface area (Å²) in [4.78, 5) is 44.2. The van der Waals surface area contributed by atoms with Gasteiger partial charge in [0.15, 0.2) is 17.2 Å². The zero-order valence-electron chi connectivity index (χ0n) is 16.8. The maximum Gasteiger partial charge on any atom is 0.293 e. The number of piperidine rings is 1. The molecule has 0 saturated carbocycles. The van der Waals surface area contributed by atoms with E-state index in [0.717, 1.165) is 12.8 Å². The Morgan fingerprint density at radius 3 is 2.90 bits per heavy atom. The van der Waals surface area contributed by atoms with Crippen LogP contribution >= 0.6 is 0 Å². The van der Waals surface area contributed by atoms with Crippen LogP contribution in [0.5, 0.6) is 17.2 Å². The minimum absolute atomic E-state index is 0.0742. The summed E-state index contributed by atoms with van der Waals surface area (Å²) >= 11 is 0. The van der Waals surface area contributed by atoms with Crippen LogP contribution in [0.3, 0.4) is 0 Å². The van der Waals surface area contributed by atoms with Gasteiger partial charge in [0.2, 0.25) is 12.2 Å². The number of ether oxygens (including phenoxy) is 2. The molecule has 2 aromatic rings. The molecule has 3 rings (SSSR count). The van der Waals surface area contributed by atoms with Gasteiger partial charge in [0.25, 0.3) is 11.5 Å².